The molecule has 0 radical (unpaired) electrons. The minimum absolute atomic E-state index is 0.111. The molecule has 1 aliphatic rings. The number of amides is 1. The fraction of sp³-hybridized carbons (Fsp3) is 0.292. The molecule has 1 saturated carbocycles. The van der Waals surface area contributed by atoms with E-state index in [1.807, 2.05) is 11.5 Å². The largest absolute Gasteiger partial charge is 0.484 e. The zero-order valence-electron chi connectivity index (χ0n) is 19.1. The third-order valence-corrected chi connectivity index (χ3v) is 6.27. The average Bonchev–Trinajstić information content (AvgIpc) is 3.46. The Bertz CT molecular complexity index is 1420. The highest BCUT2D eigenvalue weighted by atomic mass is 35.5. The van der Waals surface area contributed by atoms with E-state index in [-0.39, 0.29) is 18.1 Å². The lowest BCUT2D eigenvalue weighted by atomic mass is 10.2. The summed E-state index contributed by atoms with van der Waals surface area (Å²) < 4.78 is 13.6. The maximum Gasteiger partial charge on any atom is 0.257 e. The third kappa shape index (κ3) is 5.01. The smallest absolute Gasteiger partial charge is 0.257 e. The maximum absolute atomic E-state index is 11.5. The molecule has 0 atom stereocenters. The van der Waals surface area contributed by atoms with Gasteiger partial charge in [-0.1, -0.05) is 23.2 Å². The first-order valence-electron chi connectivity index (χ1n) is 11.0. The van der Waals surface area contributed by atoms with Crippen molar-refractivity contribution in [2.75, 3.05) is 13.7 Å². The summed E-state index contributed by atoms with van der Waals surface area (Å²) in [6.45, 7) is 2.29. The molecular weight excluding hydrogens is 491 g/mol. The number of carbonyl (C=O) groups is 1. The molecule has 3 heterocycles. The number of halogens is 2. The van der Waals surface area contributed by atoms with Crippen molar-refractivity contribution in [1.29, 1.82) is 0 Å². The Hall–Kier alpha value is -3.43. The van der Waals surface area contributed by atoms with Crippen molar-refractivity contribution < 1.29 is 14.3 Å². The summed E-state index contributed by atoms with van der Waals surface area (Å²) in [6, 6.07) is 8.69. The molecule has 0 spiro atoms. The summed E-state index contributed by atoms with van der Waals surface area (Å²) in [4.78, 5) is 29.7. The zero-order chi connectivity index (χ0) is 24.6. The molecule has 3 aromatic heterocycles. The van der Waals surface area contributed by atoms with Gasteiger partial charge in [0.2, 0.25) is 5.88 Å². The van der Waals surface area contributed by atoms with Crippen LogP contribution in [0.5, 0.6) is 11.6 Å². The van der Waals surface area contributed by atoms with Crippen LogP contribution >= 0.6 is 23.2 Å². The monoisotopic (exact) mass is 512 g/mol. The van der Waals surface area contributed by atoms with Crippen LogP contribution in [-0.4, -0.2) is 49.7 Å². The Balaban J connectivity index is 1.59. The van der Waals surface area contributed by atoms with Gasteiger partial charge in [0.05, 0.1) is 17.3 Å². The molecule has 11 heteroatoms. The fourth-order valence-electron chi connectivity index (χ4n) is 3.54. The number of ether oxygens (including phenoxy) is 2. The Morgan fingerprint density at radius 2 is 2.00 bits per heavy atom. The van der Waals surface area contributed by atoms with E-state index in [0.29, 0.717) is 50.8 Å². The van der Waals surface area contributed by atoms with E-state index < -0.39 is 0 Å². The third-order valence-electron chi connectivity index (χ3n) is 5.72. The predicted molar refractivity (Wildman–Crippen MR) is 132 cm³/mol. The number of fused-ring (bicyclic) bond motifs is 1. The summed E-state index contributed by atoms with van der Waals surface area (Å²) >= 11 is 12.9. The van der Waals surface area contributed by atoms with Crippen LogP contribution in [-0.2, 0) is 11.3 Å². The van der Waals surface area contributed by atoms with Crippen molar-refractivity contribution in [3.63, 3.8) is 0 Å². The number of carbonyl (C=O) groups excluding carboxylic acids is 1. The SMILES string of the molecule is CNC(=O)COc1ccc(-c2nc3c(OC4(C)CC4)ncnc3n2Cc2cc(Cl)ccn2)c(Cl)c1. The normalized spacial score (nSPS) is 14.1. The van der Waals surface area contributed by atoms with Crippen molar-refractivity contribution in [3.05, 3.63) is 58.6 Å². The molecule has 180 valence electrons. The Labute approximate surface area is 211 Å². The summed E-state index contributed by atoms with van der Waals surface area (Å²) in [5.41, 5.74) is 2.28. The first-order chi connectivity index (χ1) is 16.8. The predicted octanol–water partition coefficient (Wildman–Crippen LogP) is 4.30. The van der Waals surface area contributed by atoms with Gasteiger partial charge in [-0.3, -0.25) is 9.78 Å². The van der Waals surface area contributed by atoms with Crippen LogP contribution in [0.25, 0.3) is 22.6 Å². The van der Waals surface area contributed by atoms with Gasteiger partial charge in [-0.05, 0) is 50.1 Å². The van der Waals surface area contributed by atoms with Gasteiger partial charge in [-0.25, -0.2) is 9.97 Å². The first kappa shape index (κ1) is 23.3. The van der Waals surface area contributed by atoms with Crippen molar-refractivity contribution >= 4 is 40.3 Å². The van der Waals surface area contributed by atoms with Gasteiger partial charge in [0.15, 0.2) is 17.8 Å². The molecule has 1 N–H and O–H groups in total. The summed E-state index contributed by atoms with van der Waals surface area (Å²) in [6.07, 6.45) is 5.04. The second kappa shape index (κ2) is 9.31. The number of rotatable bonds is 8. The lowest BCUT2D eigenvalue weighted by Crippen LogP contribution is -2.24. The number of imidazole rings is 1. The number of nitrogens with zero attached hydrogens (tertiary/aromatic N) is 5. The first-order valence-corrected chi connectivity index (χ1v) is 11.7. The molecule has 35 heavy (non-hydrogen) atoms. The second-order valence-corrected chi connectivity index (χ2v) is 9.34. The van der Waals surface area contributed by atoms with Gasteiger partial charge in [-0.2, -0.15) is 4.98 Å². The van der Waals surface area contributed by atoms with E-state index in [2.05, 4.69) is 20.3 Å². The fourth-order valence-corrected chi connectivity index (χ4v) is 3.98. The van der Waals surface area contributed by atoms with E-state index in [1.165, 1.54) is 6.33 Å². The molecule has 0 unspecified atom stereocenters. The zero-order valence-corrected chi connectivity index (χ0v) is 20.6. The molecule has 9 nitrogen and oxygen atoms in total. The van der Waals surface area contributed by atoms with Gasteiger partial charge in [0.1, 0.15) is 23.5 Å². The second-order valence-electron chi connectivity index (χ2n) is 8.49. The van der Waals surface area contributed by atoms with E-state index in [9.17, 15) is 4.79 Å². The standard InChI is InChI=1S/C24H22Cl2N6O3/c1-24(6-7-24)35-23-20-22(29-13-30-23)32(11-15-9-14(25)5-8-28-15)21(31-20)17-4-3-16(10-18(17)26)34-12-19(33)27-2/h3-5,8-10,13H,6-7,11-12H2,1-2H3,(H,27,33). The highest BCUT2D eigenvalue weighted by Gasteiger charge is 2.41. The minimum Gasteiger partial charge on any atom is -0.484 e. The van der Waals surface area contributed by atoms with Crippen LogP contribution in [0.15, 0.2) is 42.9 Å². The van der Waals surface area contributed by atoms with E-state index in [0.717, 1.165) is 18.5 Å². The summed E-state index contributed by atoms with van der Waals surface area (Å²) in [5.74, 6) is 1.22. The minimum atomic E-state index is -0.239. The summed E-state index contributed by atoms with van der Waals surface area (Å²) in [7, 11) is 1.55. The van der Waals surface area contributed by atoms with Crippen LogP contribution in [0, 0.1) is 0 Å². The number of likely N-dealkylation sites (N-methyl/N-ethyl adjacent to an activating group) is 1. The highest BCUT2D eigenvalue weighted by Crippen LogP contribution is 2.41. The molecule has 0 bridgehead atoms. The lowest BCUT2D eigenvalue weighted by molar-refractivity contribution is -0.122. The van der Waals surface area contributed by atoms with Crippen LogP contribution < -0.4 is 14.8 Å². The molecule has 0 saturated heterocycles. The van der Waals surface area contributed by atoms with Gasteiger partial charge < -0.3 is 19.4 Å². The molecule has 4 aromatic rings. The average molecular weight is 513 g/mol. The Kier molecular flexibility index (Phi) is 6.21. The highest BCUT2D eigenvalue weighted by molar-refractivity contribution is 6.33. The quantitative estimate of drug-likeness (QED) is 0.375. The van der Waals surface area contributed by atoms with Gasteiger partial charge in [0, 0.05) is 23.8 Å². The van der Waals surface area contributed by atoms with Crippen LogP contribution in [0.3, 0.4) is 0 Å². The summed E-state index contributed by atoms with van der Waals surface area (Å²) in [5, 5.41) is 3.49. The molecule has 1 aliphatic carbocycles. The van der Waals surface area contributed by atoms with E-state index >= 15 is 0 Å². The number of nitrogens with one attached hydrogen (secondary N) is 1. The van der Waals surface area contributed by atoms with Gasteiger partial charge >= 0.3 is 0 Å². The lowest BCUT2D eigenvalue weighted by Gasteiger charge is -2.12. The van der Waals surface area contributed by atoms with Crippen LogP contribution in [0.4, 0.5) is 0 Å². The van der Waals surface area contributed by atoms with Crippen molar-refractivity contribution in [3.8, 4) is 23.0 Å². The molecule has 1 fully saturated rings. The number of benzene rings is 1. The van der Waals surface area contributed by atoms with Gasteiger partial charge in [-0.15, -0.1) is 0 Å². The molecule has 0 aliphatic heterocycles. The van der Waals surface area contributed by atoms with Gasteiger partial charge in [0.25, 0.3) is 5.91 Å². The molecule has 1 aromatic carbocycles. The molecular formula is C24H22Cl2N6O3. The maximum atomic E-state index is 11.5. The molecule has 1 amide bonds. The van der Waals surface area contributed by atoms with Crippen molar-refractivity contribution in [1.82, 2.24) is 29.8 Å². The topological polar surface area (TPSA) is 104 Å². The number of pyridine rings is 1. The molecule has 5 rings (SSSR count). The Morgan fingerprint density at radius 3 is 2.71 bits per heavy atom. The van der Waals surface area contributed by atoms with Crippen molar-refractivity contribution in [2.45, 2.75) is 31.9 Å². The van der Waals surface area contributed by atoms with Crippen LogP contribution in [0.1, 0.15) is 25.5 Å². The van der Waals surface area contributed by atoms with Crippen LogP contribution in [0.2, 0.25) is 10.0 Å². The number of aromatic nitrogens is 5. The van der Waals surface area contributed by atoms with E-state index in [1.54, 1.807) is 43.6 Å². The number of hydrogen-bond acceptors (Lipinski definition) is 7. The van der Waals surface area contributed by atoms with E-state index in [4.69, 9.17) is 37.7 Å². The number of hydrogen-bond donors (Lipinski definition) is 1. The van der Waals surface area contributed by atoms with Crippen molar-refractivity contribution in [2.24, 2.45) is 0 Å². The Morgan fingerprint density at radius 1 is 1.17 bits per heavy atom.